The van der Waals surface area contributed by atoms with E-state index in [0.717, 1.165) is 19.4 Å². The summed E-state index contributed by atoms with van der Waals surface area (Å²) in [5, 5.41) is 20.7. The summed E-state index contributed by atoms with van der Waals surface area (Å²) in [4.78, 5) is 10.1. The van der Waals surface area contributed by atoms with Crippen LogP contribution in [-0.4, -0.2) is 35.4 Å². The van der Waals surface area contributed by atoms with E-state index < -0.39 is 12.1 Å². The summed E-state index contributed by atoms with van der Waals surface area (Å²) >= 11 is 0. The maximum Gasteiger partial charge on any atom is 0.303 e. The number of aliphatic carboxylic acids is 1. The van der Waals surface area contributed by atoms with Crippen molar-refractivity contribution in [1.82, 2.24) is 5.32 Å². The molecule has 0 aliphatic carbocycles. The Labute approximate surface area is 79.0 Å². The van der Waals surface area contributed by atoms with Crippen LogP contribution in [0, 0.1) is 0 Å². The molecule has 4 nitrogen and oxygen atoms in total. The van der Waals surface area contributed by atoms with Gasteiger partial charge in [-0.05, 0) is 19.4 Å². The van der Waals surface area contributed by atoms with E-state index in [1.54, 1.807) is 0 Å². The van der Waals surface area contributed by atoms with Crippen LogP contribution in [0.5, 0.6) is 0 Å². The van der Waals surface area contributed by atoms with E-state index in [4.69, 9.17) is 5.11 Å². The molecule has 0 radical (unpaired) electrons. The van der Waals surface area contributed by atoms with Crippen LogP contribution >= 0.6 is 0 Å². The minimum atomic E-state index is -0.854. The summed E-state index contributed by atoms with van der Waals surface area (Å²) in [6.07, 6.45) is 2.04. The molecule has 1 unspecified atom stereocenters. The Bertz CT molecular complexity index is 139. The van der Waals surface area contributed by atoms with E-state index in [9.17, 15) is 9.90 Å². The molecule has 3 N–H and O–H groups in total. The molecule has 0 saturated heterocycles. The minimum absolute atomic E-state index is 0.0383. The van der Waals surface area contributed by atoms with Crippen molar-refractivity contribution in [3.63, 3.8) is 0 Å². The maximum absolute atomic E-state index is 10.1. The van der Waals surface area contributed by atoms with Gasteiger partial charge >= 0.3 is 5.97 Å². The summed E-state index contributed by atoms with van der Waals surface area (Å²) in [7, 11) is 0. The molecule has 0 aliphatic rings. The molecule has 0 saturated carbocycles. The van der Waals surface area contributed by atoms with Crippen molar-refractivity contribution in [2.75, 3.05) is 13.1 Å². The van der Waals surface area contributed by atoms with Gasteiger partial charge in [-0.25, -0.2) is 0 Å². The van der Waals surface area contributed by atoms with Gasteiger partial charge in [-0.2, -0.15) is 0 Å². The second-order valence-corrected chi connectivity index (χ2v) is 3.14. The van der Waals surface area contributed by atoms with Crippen LogP contribution in [-0.2, 0) is 4.79 Å². The zero-order valence-electron chi connectivity index (χ0n) is 8.12. The van der Waals surface area contributed by atoms with E-state index in [2.05, 4.69) is 12.2 Å². The molecule has 0 heterocycles. The Hall–Kier alpha value is -0.610. The van der Waals surface area contributed by atoms with Crippen molar-refractivity contribution in [3.8, 4) is 0 Å². The number of hydrogen-bond donors (Lipinski definition) is 3. The van der Waals surface area contributed by atoms with Crippen LogP contribution in [0.3, 0.4) is 0 Å². The number of aliphatic hydroxyl groups is 1. The summed E-state index contributed by atoms with van der Waals surface area (Å²) in [5.74, 6) is -0.854. The van der Waals surface area contributed by atoms with Gasteiger partial charge < -0.3 is 15.5 Å². The van der Waals surface area contributed by atoms with Crippen molar-refractivity contribution in [2.45, 2.75) is 38.7 Å². The van der Waals surface area contributed by atoms with Gasteiger partial charge in [-0.3, -0.25) is 4.79 Å². The SMILES string of the molecule is CCCCNCC(O)CCC(=O)O. The lowest BCUT2D eigenvalue weighted by Crippen LogP contribution is -2.27. The van der Waals surface area contributed by atoms with E-state index >= 15 is 0 Å². The van der Waals surface area contributed by atoms with Crippen LogP contribution in [0.4, 0.5) is 0 Å². The van der Waals surface area contributed by atoms with Gasteiger partial charge in [0, 0.05) is 13.0 Å². The van der Waals surface area contributed by atoms with Crippen molar-refractivity contribution < 1.29 is 15.0 Å². The van der Waals surface area contributed by atoms with Crippen LogP contribution < -0.4 is 5.32 Å². The van der Waals surface area contributed by atoms with Crippen molar-refractivity contribution in [1.29, 1.82) is 0 Å². The topological polar surface area (TPSA) is 69.6 Å². The number of carbonyl (C=O) groups is 1. The van der Waals surface area contributed by atoms with Crippen LogP contribution in [0.2, 0.25) is 0 Å². The third-order valence-electron chi connectivity index (χ3n) is 1.78. The van der Waals surface area contributed by atoms with Gasteiger partial charge in [0.15, 0.2) is 0 Å². The Morgan fingerprint density at radius 2 is 2.23 bits per heavy atom. The van der Waals surface area contributed by atoms with Crippen LogP contribution in [0.1, 0.15) is 32.6 Å². The number of hydrogen-bond acceptors (Lipinski definition) is 3. The number of carboxylic acids is 1. The van der Waals surface area contributed by atoms with Crippen LogP contribution in [0.25, 0.3) is 0 Å². The largest absolute Gasteiger partial charge is 0.481 e. The fourth-order valence-corrected chi connectivity index (χ4v) is 0.963. The molecule has 0 aromatic heterocycles. The molecular weight excluding hydrogens is 170 g/mol. The second kappa shape index (κ2) is 8.01. The summed E-state index contributed by atoms with van der Waals surface area (Å²) in [5.41, 5.74) is 0. The molecule has 0 aromatic carbocycles. The molecular formula is C9H19NO3. The van der Waals surface area contributed by atoms with Gasteiger partial charge in [0.25, 0.3) is 0 Å². The Morgan fingerprint density at radius 1 is 1.54 bits per heavy atom. The highest BCUT2D eigenvalue weighted by Crippen LogP contribution is 1.95. The predicted molar refractivity (Wildman–Crippen MR) is 50.7 cm³/mol. The van der Waals surface area contributed by atoms with E-state index in [0.29, 0.717) is 13.0 Å². The first-order valence-corrected chi connectivity index (χ1v) is 4.77. The number of carboxylic acid groups (broad SMARTS) is 1. The van der Waals surface area contributed by atoms with Crippen molar-refractivity contribution in [2.24, 2.45) is 0 Å². The minimum Gasteiger partial charge on any atom is -0.481 e. The molecule has 0 amide bonds. The quantitative estimate of drug-likeness (QED) is 0.489. The fourth-order valence-electron chi connectivity index (χ4n) is 0.963. The molecule has 0 fully saturated rings. The molecule has 13 heavy (non-hydrogen) atoms. The van der Waals surface area contributed by atoms with Gasteiger partial charge in [0.1, 0.15) is 0 Å². The lowest BCUT2D eigenvalue weighted by molar-refractivity contribution is -0.137. The summed E-state index contributed by atoms with van der Waals surface area (Å²) < 4.78 is 0. The molecule has 0 rings (SSSR count). The number of nitrogens with one attached hydrogen (secondary N) is 1. The highest BCUT2D eigenvalue weighted by Gasteiger charge is 2.05. The molecule has 0 aliphatic heterocycles. The van der Waals surface area contributed by atoms with Crippen LogP contribution in [0.15, 0.2) is 0 Å². The molecule has 0 aromatic rings. The second-order valence-electron chi connectivity index (χ2n) is 3.14. The normalized spacial score (nSPS) is 12.8. The Kier molecular flexibility index (Phi) is 7.63. The molecule has 0 spiro atoms. The zero-order chi connectivity index (χ0) is 10.1. The highest BCUT2D eigenvalue weighted by molar-refractivity contribution is 5.66. The Morgan fingerprint density at radius 3 is 2.77 bits per heavy atom. The smallest absolute Gasteiger partial charge is 0.303 e. The van der Waals surface area contributed by atoms with E-state index in [1.807, 2.05) is 0 Å². The third-order valence-corrected chi connectivity index (χ3v) is 1.78. The average Bonchev–Trinajstić information content (AvgIpc) is 2.09. The number of unbranched alkanes of at least 4 members (excludes halogenated alkanes) is 1. The van der Waals surface area contributed by atoms with Gasteiger partial charge in [-0.1, -0.05) is 13.3 Å². The molecule has 4 heteroatoms. The third kappa shape index (κ3) is 9.30. The van der Waals surface area contributed by atoms with Crippen molar-refractivity contribution >= 4 is 5.97 Å². The Balaban J connectivity index is 3.19. The molecule has 1 atom stereocenters. The summed E-state index contributed by atoms with van der Waals surface area (Å²) in [6, 6.07) is 0. The standard InChI is InChI=1S/C9H19NO3/c1-2-3-6-10-7-8(11)4-5-9(12)13/h8,10-11H,2-7H2,1H3,(H,12,13). The average molecular weight is 189 g/mol. The highest BCUT2D eigenvalue weighted by atomic mass is 16.4. The first-order chi connectivity index (χ1) is 6.16. The predicted octanol–water partition coefficient (Wildman–Crippen LogP) is 0.602. The monoisotopic (exact) mass is 189 g/mol. The maximum atomic E-state index is 10.1. The molecule has 0 bridgehead atoms. The number of aliphatic hydroxyl groups excluding tert-OH is 1. The first kappa shape index (κ1) is 12.4. The first-order valence-electron chi connectivity index (χ1n) is 4.77. The lowest BCUT2D eigenvalue weighted by atomic mass is 10.2. The number of rotatable bonds is 8. The van der Waals surface area contributed by atoms with Gasteiger partial charge in [0.05, 0.1) is 6.10 Å². The fraction of sp³-hybridized carbons (Fsp3) is 0.889. The van der Waals surface area contributed by atoms with Crippen molar-refractivity contribution in [3.05, 3.63) is 0 Å². The lowest BCUT2D eigenvalue weighted by Gasteiger charge is -2.09. The summed E-state index contributed by atoms with van der Waals surface area (Å²) in [6.45, 7) is 3.48. The van der Waals surface area contributed by atoms with E-state index in [1.165, 1.54) is 0 Å². The zero-order valence-corrected chi connectivity index (χ0v) is 8.12. The molecule has 78 valence electrons. The van der Waals surface area contributed by atoms with Gasteiger partial charge in [-0.15, -0.1) is 0 Å². The van der Waals surface area contributed by atoms with E-state index in [-0.39, 0.29) is 6.42 Å². The van der Waals surface area contributed by atoms with Gasteiger partial charge in [0.2, 0.25) is 0 Å².